The Morgan fingerprint density at radius 1 is 1.40 bits per heavy atom. The van der Waals surface area contributed by atoms with E-state index in [0.717, 1.165) is 6.07 Å². The summed E-state index contributed by atoms with van der Waals surface area (Å²) in [5, 5.41) is 0. The maximum Gasteiger partial charge on any atom is 0.417 e. The molecule has 20 heavy (non-hydrogen) atoms. The van der Waals surface area contributed by atoms with Crippen molar-refractivity contribution >= 4 is 17.2 Å². The molecule has 0 aliphatic rings. The lowest BCUT2D eigenvalue weighted by molar-refractivity contribution is -0.137. The van der Waals surface area contributed by atoms with Gasteiger partial charge in [0.2, 0.25) is 0 Å². The zero-order chi connectivity index (χ0) is 15.3. The van der Waals surface area contributed by atoms with Gasteiger partial charge in [-0.1, -0.05) is 12.2 Å². The summed E-state index contributed by atoms with van der Waals surface area (Å²) in [5.74, 6) is 0.101. The maximum atomic E-state index is 12.9. The van der Waals surface area contributed by atoms with Gasteiger partial charge in [0.1, 0.15) is 16.8 Å². The van der Waals surface area contributed by atoms with E-state index >= 15 is 0 Å². The van der Waals surface area contributed by atoms with Gasteiger partial charge in [0, 0.05) is 12.2 Å². The molecule has 7 heteroatoms. The third-order valence-corrected chi connectivity index (χ3v) is 2.68. The van der Waals surface area contributed by atoms with E-state index in [9.17, 15) is 13.2 Å². The topological polar surface area (TPSA) is 44.5 Å². The van der Waals surface area contributed by atoms with E-state index in [1.165, 1.54) is 12.1 Å². The van der Waals surface area contributed by atoms with Gasteiger partial charge in [0.15, 0.2) is 0 Å². The molecule has 0 fully saturated rings. The molecule has 3 nitrogen and oxygen atoms in total. The van der Waals surface area contributed by atoms with E-state index < -0.39 is 11.7 Å². The molecule has 1 unspecified atom stereocenters. The SMILES string of the molecule is CCOCC(C)Oc1ccc(C(N)=S)c(C(F)(F)F)c1. The predicted octanol–water partition coefficient (Wildman–Crippen LogP) is 3.14. The van der Waals surface area contributed by atoms with Crippen molar-refractivity contribution in [3.63, 3.8) is 0 Å². The van der Waals surface area contributed by atoms with Crippen LogP contribution in [0, 0.1) is 0 Å². The summed E-state index contributed by atoms with van der Waals surface area (Å²) in [4.78, 5) is -0.300. The normalized spacial score (nSPS) is 13.1. The molecule has 0 heterocycles. The molecule has 0 aromatic heterocycles. The summed E-state index contributed by atoms with van der Waals surface area (Å²) >= 11 is 4.62. The number of thiocarbonyl (C=S) groups is 1. The molecular weight excluding hydrogens is 291 g/mol. The van der Waals surface area contributed by atoms with Crippen molar-refractivity contribution in [3.8, 4) is 5.75 Å². The molecule has 0 radical (unpaired) electrons. The van der Waals surface area contributed by atoms with E-state index in [4.69, 9.17) is 15.2 Å². The Kier molecular flexibility index (Phi) is 5.76. The molecular formula is C13H16F3NO2S. The highest BCUT2D eigenvalue weighted by atomic mass is 32.1. The molecule has 1 aromatic carbocycles. The average Bonchev–Trinajstić information content (AvgIpc) is 2.35. The van der Waals surface area contributed by atoms with Crippen LogP contribution in [0.4, 0.5) is 13.2 Å². The second-order valence-electron chi connectivity index (χ2n) is 4.16. The van der Waals surface area contributed by atoms with Gasteiger partial charge in [-0.15, -0.1) is 0 Å². The molecule has 1 atom stereocenters. The first-order valence-corrected chi connectivity index (χ1v) is 6.42. The van der Waals surface area contributed by atoms with Crippen LogP contribution in [-0.2, 0) is 10.9 Å². The van der Waals surface area contributed by atoms with Gasteiger partial charge in [-0.05, 0) is 32.0 Å². The number of nitrogens with two attached hydrogens (primary N) is 1. The Bertz CT molecular complexity index is 477. The largest absolute Gasteiger partial charge is 0.488 e. The Morgan fingerprint density at radius 2 is 2.05 bits per heavy atom. The average molecular weight is 307 g/mol. The second-order valence-corrected chi connectivity index (χ2v) is 4.60. The zero-order valence-corrected chi connectivity index (χ0v) is 12.0. The number of benzene rings is 1. The Labute approximate surface area is 120 Å². The number of halogens is 3. The number of alkyl halides is 3. The smallest absolute Gasteiger partial charge is 0.417 e. The molecule has 112 valence electrons. The summed E-state index contributed by atoms with van der Waals surface area (Å²) in [6.07, 6.45) is -4.90. The monoisotopic (exact) mass is 307 g/mol. The van der Waals surface area contributed by atoms with Crippen LogP contribution in [0.3, 0.4) is 0 Å². The van der Waals surface area contributed by atoms with Gasteiger partial charge in [-0.25, -0.2) is 0 Å². The molecule has 0 amide bonds. The van der Waals surface area contributed by atoms with Crippen LogP contribution < -0.4 is 10.5 Å². The molecule has 0 aliphatic carbocycles. The van der Waals surface area contributed by atoms with Crippen LogP contribution in [0.2, 0.25) is 0 Å². The van der Waals surface area contributed by atoms with E-state index in [-0.39, 0.29) is 22.4 Å². The Morgan fingerprint density at radius 3 is 2.55 bits per heavy atom. The van der Waals surface area contributed by atoms with Crippen molar-refractivity contribution in [2.75, 3.05) is 13.2 Å². The van der Waals surface area contributed by atoms with Crippen LogP contribution in [0.25, 0.3) is 0 Å². The van der Waals surface area contributed by atoms with Crippen LogP contribution in [0.5, 0.6) is 5.75 Å². The summed E-state index contributed by atoms with van der Waals surface area (Å²) in [7, 11) is 0. The van der Waals surface area contributed by atoms with Crippen molar-refractivity contribution in [2.24, 2.45) is 5.73 Å². The molecule has 1 rings (SSSR count). The van der Waals surface area contributed by atoms with Gasteiger partial charge in [-0.3, -0.25) is 0 Å². The van der Waals surface area contributed by atoms with E-state index in [2.05, 4.69) is 12.2 Å². The minimum Gasteiger partial charge on any atom is -0.488 e. The number of rotatable bonds is 6. The standard InChI is InChI=1S/C13H16F3NO2S/c1-3-18-7-8(2)19-9-4-5-10(12(17)20)11(6-9)13(14,15)16/h4-6,8H,3,7H2,1-2H3,(H2,17,20). The quantitative estimate of drug-likeness (QED) is 0.820. The first-order valence-electron chi connectivity index (χ1n) is 6.01. The maximum absolute atomic E-state index is 12.9. The third-order valence-electron chi connectivity index (χ3n) is 2.46. The van der Waals surface area contributed by atoms with Gasteiger partial charge in [-0.2, -0.15) is 13.2 Å². The fourth-order valence-corrected chi connectivity index (χ4v) is 1.77. The van der Waals surface area contributed by atoms with E-state index in [1.807, 2.05) is 6.92 Å². The first-order chi connectivity index (χ1) is 9.25. The summed E-state index contributed by atoms with van der Waals surface area (Å²) in [5.41, 5.74) is 4.19. The molecule has 0 bridgehead atoms. The summed E-state index contributed by atoms with van der Waals surface area (Å²) in [6.45, 7) is 4.35. The van der Waals surface area contributed by atoms with E-state index in [1.54, 1.807) is 6.92 Å². The number of hydrogen-bond donors (Lipinski definition) is 1. The van der Waals surface area contributed by atoms with E-state index in [0.29, 0.717) is 13.2 Å². The van der Waals surface area contributed by atoms with Crippen molar-refractivity contribution in [1.29, 1.82) is 0 Å². The Hall–Kier alpha value is -1.34. The fraction of sp³-hybridized carbons (Fsp3) is 0.462. The van der Waals surface area contributed by atoms with Crippen molar-refractivity contribution < 1.29 is 22.6 Å². The van der Waals surface area contributed by atoms with Crippen molar-refractivity contribution in [1.82, 2.24) is 0 Å². The van der Waals surface area contributed by atoms with Crippen LogP contribution >= 0.6 is 12.2 Å². The lowest BCUT2D eigenvalue weighted by atomic mass is 10.1. The van der Waals surface area contributed by atoms with Gasteiger partial charge >= 0.3 is 6.18 Å². The third kappa shape index (κ3) is 4.64. The highest BCUT2D eigenvalue weighted by Gasteiger charge is 2.34. The van der Waals surface area contributed by atoms with Crippen molar-refractivity contribution in [3.05, 3.63) is 29.3 Å². The number of ether oxygens (including phenoxy) is 2. The molecule has 0 aliphatic heterocycles. The fourth-order valence-electron chi connectivity index (χ4n) is 1.60. The van der Waals surface area contributed by atoms with Gasteiger partial charge in [0.25, 0.3) is 0 Å². The summed E-state index contributed by atoms with van der Waals surface area (Å²) < 4.78 is 49.3. The van der Waals surface area contributed by atoms with Gasteiger partial charge in [0.05, 0.1) is 12.2 Å². The zero-order valence-electron chi connectivity index (χ0n) is 11.2. The summed E-state index contributed by atoms with van der Waals surface area (Å²) in [6, 6.07) is 3.52. The predicted molar refractivity (Wildman–Crippen MR) is 73.9 cm³/mol. The molecule has 2 N–H and O–H groups in total. The second kappa shape index (κ2) is 6.90. The highest BCUT2D eigenvalue weighted by molar-refractivity contribution is 7.80. The van der Waals surface area contributed by atoms with Gasteiger partial charge < -0.3 is 15.2 Å². The minimum absolute atomic E-state index is 0.101. The first kappa shape index (κ1) is 16.7. The van der Waals surface area contributed by atoms with Crippen LogP contribution in [0.15, 0.2) is 18.2 Å². The highest BCUT2D eigenvalue weighted by Crippen LogP contribution is 2.34. The number of hydrogen-bond acceptors (Lipinski definition) is 3. The lowest BCUT2D eigenvalue weighted by Crippen LogP contribution is -2.21. The molecule has 0 saturated carbocycles. The van der Waals surface area contributed by atoms with Crippen molar-refractivity contribution in [2.45, 2.75) is 26.1 Å². The lowest BCUT2D eigenvalue weighted by Gasteiger charge is -2.17. The van der Waals surface area contributed by atoms with Crippen LogP contribution in [-0.4, -0.2) is 24.3 Å². The molecule has 1 aromatic rings. The molecule has 0 spiro atoms. The minimum atomic E-state index is -4.54. The Balaban J connectivity index is 2.98. The van der Waals surface area contributed by atoms with Crippen LogP contribution in [0.1, 0.15) is 25.0 Å². The molecule has 0 saturated heterocycles.